The topological polar surface area (TPSA) is 24.9 Å². The Hall–Kier alpha value is -1.57. The second kappa shape index (κ2) is 3.89. The van der Waals surface area contributed by atoms with E-state index in [2.05, 4.69) is 42.3 Å². The molecule has 0 atom stereocenters. The highest BCUT2D eigenvalue weighted by Crippen LogP contribution is 2.22. The second-order valence-electron chi connectivity index (χ2n) is 3.81. The smallest absolute Gasteiger partial charge is 0.0725 e. The van der Waals surface area contributed by atoms with Crippen molar-refractivity contribution in [1.29, 1.82) is 0 Å². The van der Waals surface area contributed by atoms with Crippen LogP contribution in [0.4, 0.5) is 5.69 Å². The maximum Gasteiger partial charge on any atom is 0.0725 e. The molecule has 0 aliphatic rings. The third kappa shape index (κ3) is 1.80. The zero-order chi connectivity index (χ0) is 10.8. The molecule has 2 aromatic rings. The number of benzene rings is 1. The van der Waals surface area contributed by atoms with Crippen LogP contribution in [0.2, 0.25) is 0 Å². The van der Waals surface area contributed by atoms with Gasteiger partial charge in [-0.25, -0.2) is 0 Å². The number of hydrogen-bond donors (Lipinski definition) is 1. The summed E-state index contributed by atoms with van der Waals surface area (Å²) in [7, 11) is 1.93. The van der Waals surface area contributed by atoms with Crippen LogP contribution in [0.1, 0.15) is 18.1 Å². The first-order chi connectivity index (χ1) is 7.24. The van der Waals surface area contributed by atoms with E-state index in [1.807, 2.05) is 13.2 Å². The van der Waals surface area contributed by atoms with Crippen LogP contribution >= 0.6 is 0 Å². The molecule has 0 aliphatic carbocycles. The van der Waals surface area contributed by atoms with Gasteiger partial charge < -0.3 is 5.32 Å². The van der Waals surface area contributed by atoms with E-state index in [1.165, 1.54) is 16.5 Å². The summed E-state index contributed by atoms with van der Waals surface area (Å²) < 4.78 is 0. The molecule has 2 rings (SSSR count). The molecule has 0 unspecified atom stereocenters. The third-order valence-corrected chi connectivity index (χ3v) is 2.76. The number of nitrogens with zero attached hydrogens (tertiary/aromatic N) is 1. The maximum absolute atomic E-state index is 4.48. The maximum atomic E-state index is 4.48. The number of anilines is 1. The molecule has 0 spiro atoms. The Labute approximate surface area is 90.3 Å². The van der Waals surface area contributed by atoms with Gasteiger partial charge in [0.05, 0.1) is 5.52 Å². The molecule has 0 aliphatic heterocycles. The summed E-state index contributed by atoms with van der Waals surface area (Å²) in [6.07, 6.45) is 3.00. The van der Waals surface area contributed by atoms with Gasteiger partial charge in [0.1, 0.15) is 0 Å². The summed E-state index contributed by atoms with van der Waals surface area (Å²) in [5, 5.41) is 4.41. The average molecular weight is 200 g/mol. The van der Waals surface area contributed by atoms with Gasteiger partial charge in [-0.1, -0.05) is 6.92 Å². The molecule has 0 radical (unpaired) electrons. The molecule has 15 heavy (non-hydrogen) atoms. The Bertz CT molecular complexity index is 489. The minimum atomic E-state index is 1.04. The van der Waals surface area contributed by atoms with Crippen LogP contribution in [-0.4, -0.2) is 12.0 Å². The van der Waals surface area contributed by atoms with Crippen molar-refractivity contribution < 1.29 is 0 Å². The van der Waals surface area contributed by atoms with Gasteiger partial charge in [-0.3, -0.25) is 4.98 Å². The molecule has 1 aromatic heterocycles. The Morgan fingerprint density at radius 3 is 2.73 bits per heavy atom. The Morgan fingerprint density at radius 1 is 1.27 bits per heavy atom. The quantitative estimate of drug-likeness (QED) is 0.805. The molecule has 0 bridgehead atoms. The van der Waals surface area contributed by atoms with Crippen LogP contribution in [0.25, 0.3) is 10.9 Å². The lowest BCUT2D eigenvalue weighted by atomic mass is 10.1. The van der Waals surface area contributed by atoms with E-state index in [9.17, 15) is 0 Å². The summed E-state index contributed by atoms with van der Waals surface area (Å²) in [4.78, 5) is 4.48. The Morgan fingerprint density at radius 2 is 2.07 bits per heavy atom. The molecule has 1 aromatic carbocycles. The van der Waals surface area contributed by atoms with E-state index in [1.54, 1.807) is 0 Å². The van der Waals surface area contributed by atoms with Crippen molar-refractivity contribution in [3.63, 3.8) is 0 Å². The van der Waals surface area contributed by atoms with Gasteiger partial charge in [-0.05, 0) is 42.7 Å². The first-order valence-electron chi connectivity index (χ1n) is 5.31. The molecule has 0 saturated carbocycles. The first-order valence-corrected chi connectivity index (χ1v) is 5.31. The molecular formula is C13H16N2. The lowest BCUT2D eigenvalue weighted by Crippen LogP contribution is -1.92. The van der Waals surface area contributed by atoms with Gasteiger partial charge in [0, 0.05) is 24.3 Å². The predicted molar refractivity (Wildman–Crippen MR) is 65.4 cm³/mol. The minimum Gasteiger partial charge on any atom is -0.388 e. The van der Waals surface area contributed by atoms with E-state index >= 15 is 0 Å². The molecule has 0 saturated heterocycles. The highest BCUT2D eigenvalue weighted by molar-refractivity contribution is 5.86. The second-order valence-corrected chi connectivity index (χ2v) is 3.81. The van der Waals surface area contributed by atoms with Crippen LogP contribution in [0.5, 0.6) is 0 Å². The summed E-state index contributed by atoms with van der Waals surface area (Å²) in [5.41, 5.74) is 4.76. The number of pyridine rings is 1. The molecule has 1 N–H and O–H groups in total. The highest BCUT2D eigenvalue weighted by atomic mass is 14.8. The van der Waals surface area contributed by atoms with Gasteiger partial charge >= 0.3 is 0 Å². The molecule has 2 nitrogen and oxygen atoms in total. The molecule has 2 heteroatoms. The van der Waals surface area contributed by atoms with Crippen LogP contribution in [0.3, 0.4) is 0 Å². The van der Waals surface area contributed by atoms with E-state index in [-0.39, 0.29) is 0 Å². The normalized spacial score (nSPS) is 10.6. The number of hydrogen-bond acceptors (Lipinski definition) is 2. The molecular weight excluding hydrogens is 184 g/mol. The fourth-order valence-electron chi connectivity index (χ4n) is 1.79. The standard InChI is InChI=1S/C13H16N2/c1-4-10-6-12-9(2)5-11(14-3)7-13(12)15-8-10/h5-8,14H,4H2,1-3H3. The van der Waals surface area contributed by atoms with E-state index < -0.39 is 0 Å². The number of rotatable bonds is 2. The van der Waals surface area contributed by atoms with Gasteiger partial charge in [0.25, 0.3) is 0 Å². The lowest BCUT2D eigenvalue weighted by Gasteiger charge is -2.07. The third-order valence-electron chi connectivity index (χ3n) is 2.76. The Kier molecular flexibility index (Phi) is 2.58. The van der Waals surface area contributed by atoms with Crippen LogP contribution in [-0.2, 0) is 6.42 Å². The van der Waals surface area contributed by atoms with E-state index in [4.69, 9.17) is 0 Å². The molecule has 0 amide bonds. The fourth-order valence-corrected chi connectivity index (χ4v) is 1.79. The van der Waals surface area contributed by atoms with Crippen LogP contribution in [0, 0.1) is 6.92 Å². The summed E-state index contributed by atoms with van der Waals surface area (Å²) >= 11 is 0. The number of aryl methyl sites for hydroxylation is 2. The largest absolute Gasteiger partial charge is 0.388 e. The SMILES string of the molecule is CCc1cnc2cc(NC)cc(C)c2c1. The van der Waals surface area contributed by atoms with E-state index in [0.717, 1.165) is 17.6 Å². The zero-order valence-corrected chi connectivity index (χ0v) is 9.46. The number of nitrogens with one attached hydrogen (secondary N) is 1. The van der Waals surface area contributed by atoms with Crippen molar-refractivity contribution in [2.45, 2.75) is 20.3 Å². The predicted octanol–water partition coefficient (Wildman–Crippen LogP) is 3.15. The fraction of sp³-hybridized carbons (Fsp3) is 0.308. The van der Waals surface area contributed by atoms with Crippen molar-refractivity contribution in [3.05, 3.63) is 35.5 Å². The lowest BCUT2D eigenvalue weighted by molar-refractivity contribution is 1.12. The average Bonchev–Trinajstić information content (AvgIpc) is 2.28. The van der Waals surface area contributed by atoms with Gasteiger partial charge in [-0.15, -0.1) is 0 Å². The molecule has 78 valence electrons. The van der Waals surface area contributed by atoms with Gasteiger partial charge in [-0.2, -0.15) is 0 Å². The van der Waals surface area contributed by atoms with Crippen LogP contribution < -0.4 is 5.32 Å². The minimum absolute atomic E-state index is 1.04. The van der Waals surface area contributed by atoms with Crippen molar-refractivity contribution >= 4 is 16.6 Å². The van der Waals surface area contributed by atoms with Crippen molar-refractivity contribution in [2.75, 3.05) is 12.4 Å². The number of fused-ring (bicyclic) bond motifs is 1. The van der Waals surface area contributed by atoms with Crippen molar-refractivity contribution in [2.24, 2.45) is 0 Å². The molecule has 1 heterocycles. The monoisotopic (exact) mass is 200 g/mol. The van der Waals surface area contributed by atoms with Gasteiger partial charge in [0.2, 0.25) is 0 Å². The summed E-state index contributed by atoms with van der Waals surface area (Å²) in [5.74, 6) is 0. The zero-order valence-electron chi connectivity index (χ0n) is 9.46. The Balaban J connectivity index is 2.68. The van der Waals surface area contributed by atoms with Crippen molar-refractivity contribution in [1.82, 2.24) is 4.98 Å². The summed E-state index contributed by atoms with van der Waals surface area (Å²) in [6, 6.07) is 6.47. The van der Waals surface area contributed by atoms with Crippen LogP contribution in [0.15, 0.2) is 24.4 Å². The first kappa shape index (κ1) is 9.97. The van der Waals surface area contributed by atoms with E-state index in [0.29, 0.717) is 0 Å². The molecule has 0 fully saturated rings. The number of aromatic nitrogens is 1. The summed E-state index contributed by atoms with van der Waals surface area (Å²) in [6.45, 7) is 4.28. The van der Waals surface area contributed by atoms with Gasteiger partial charge in [0.15, 0.2) is 0 Å². The highest BCUT2D eigenvalue weighted by Gasteiger charge is 2.02. The van der Waals surface area contributed by atoms with Crippen molar-refractivity contribution in [3.8, 4) is 0 Å².